The van der Waals surface area contributed by atoms with Gasteiger partial charge in [-0.25, -0.2) is 4.98 Å². The maximum absolute atomic E-state index is 5.75. The first-order chi connectivity index (χ1) is 11.7. The highest BCUT2D eigenvalue weighted by molar-refractivity contribution is 7.80. The topological polar surface area (TPSA) is 68.3 Å². The molecular formula is C17H20N4O2S. The largest absolute Gasteiger partial charge is 0.439 e. The summed E-state index contributed by atoms with van der Waals surface area (Å²) in [5.74, 6) is 1.60. The fourth-order valence-electron chi connectivity index (χ4n) is 2.41. The summed E-state index contributed by atoms with van der Waals surface area (Å²) >= 11 is 5.29. The lowest BCUT2D eigenvalue weighted by Crippen LogP contribution is -2.35. The van der Waals surface area contributed by atoms with Gasteiger partial charge in [-0.05, 0) is 44.1 Å². The van der Waals surface area contributed by atoms with Crippen LogP contribution in [0, 0.1) is 6.92 Å². The average Bonchev–Trinajstić information content (AvgIpc) is 3.07. The fraction of sp³-hybridized carbons (Fsp3) is 0.353. The zero-order valence-corrected chi connectivity index (χ0v) is 14.3. The van der Waals surface area contributed by atoms with E-state index >= 15 is 0 Å². The van der Waals surface area contributed by atoms with E-state index in [2.05, 4.69) is 20.6 Å². The molecule has 3 rings (SSSR count). The molecule has 1 aromatic carbocycles. The van der Waals surface area contributed by atoms with Gasteiger partial charge in [0.15, 0.2) is 5.11 Å². The third-order valence-corrected chi connectivity index (χ3v) is 3.78. The van der Waals surface area contributed by atoms with Crippen molar-refractivity contribution in [3.8, 4) is 11.6 Å². The Kier molecular flexibility index (Phi) is 5.55. The molecule has 1 saturated heterocycles. The van der Waals surface area contributed by atoms with Gasteiger partial charge in [-0.3, -0.25) is 0 Å². The quantitative estimate of drug-likeness (QED) is 0.808. The van der Waals surface area contributed by atoms with E-state index in [1.807, 2.05) is 37.3 Å². The number of nitrogens with one attached hydrogen (secondary N) is 2. The minimum atomic E-state index is 0.222. The number of aromatic nitrogens is 2. The van der Waals surface area contributed by atoms with Gasteiger partial charge in [0.1, 0.15) is 5.75 Å². The van der Waals surface area contributed by atoms with Crippen LogP contribution in [-0.4, -0.2) is 34.3 Å². The summed E-state index contributed by atoms with van der Waals surface area (Å²) in [4.78, 5) is 8.68. The van der Waals surface area contributed by atoms with E-state index in [0.29, 0.717) is 23.5 Å². The first kappa shape index (κ1) is 16.6. The molecule has 0 unspecified atom stereocenters. The van der Waals surface area contributed by atoms with E-state index in [1.54, 1.807) is 6.07 Å². The van der Waals surface area contributed by atoms with E-state index in [-0.39, 0.29) is 6.10 Å². The summed E-state index contributed by atoms with van der Waals surface area (Å²) in [6.45, 7) is 3.40. The van der Waals surface area contributed by atoms with Crippen molar-refractivity contribution in [2.24, 2.45) is 0 Å². The smallest absolute Gasteiger partial charge is 0.232 e. The summed E-state index contributed by atoms with van der Waals surface area (Å²) in [5, 5.41) is 6.61. The Morgan fingerprint density at radius 3 is 2.92 bits per heavy atom. The lowest BCUT2D eigenvalue weighted by molar-refractivity contribution is 0.114. The number of hydrogen-bond donors (Lipinski definition) is 2. The van der Waals surface area contributed by atoms with Crippen molar-refractivity contribution >= 4 is 23.3 Å². The molecule has 6 nitrogen and oxygen atoms in total. The van der Waals surface area contributed by atoms with Crippen molar-refractivity contribution in [2.45, 2.75) is 25.9 Å². The molecule has 126 valence electrons. The first-order valence-corrected chi connectivity index (χ1v) is 8.35. The molecule has 1 fully saturated rings. The van der Waals surface area contributed by atoms with Crippen LogP contribution in [0.4, 0.5) is 5.95 Å². The summed E-state index contributed by atoms with van der Waals surface area (Å²) in [7, 11) is 0. The Hall–Kier alpha value is -2.25. The molecule has 24 heavy (non-hydrogen) atoms. The van der Waals surface area contributed by atoms with Crippen LogP contribution in [0.3, 0.4) is 0 Å². The number of hydrogen-bond acceptors (Lipinski definition) is 5. The van der Waals surface area contributed by atoms with Crippen LogP contribution in [0.5, 0.6) is 11.6 Å². The van der Waals surface area contributed by atoms with Crippen LogP contribution < -0.4 is 15.4 Å². The molecule has 0 saturated carbocycles. The summed E-state index contributed by atoms with van der Waals surface area (Å²) in [6.07, 6.45) is 2.39. The van der Waals surface area contributed by atoms with Gasteiger partial charge >= 0.3 is 0 Å². The van der Waals surface area contributed by atoms with Crippen molar-refractivity contribution in [2.75, 3.05) is 18.5 Å². The van der Waals surface area contributed by atoms with Crippen LogP contribution in [0.15, 0.2) is 36.4 Å². The number of rotatable bonds is 5. The average molecular weight is 344 g/mol. The molecule has 0 amide bonds. The van der Waals surface area contributed by atoms with E-state index < -0.39 is 0 Å². The molecule has 0 radical (unpaired) electrons. The molecule has 1 atom stereocenters. The van der Waals surface area contributed by atoms with Gasteiger partial charge in [-0.1, -0.05) is 18.2 Å². The predicted molar refractivity (Wildman–Crippen MR) is 96.5 cm³/mol. The molecule has 7 heteroatoms. The van der Waals surface area contributed by atoms with Crippen LogP contribution in [0.1, 0.15) is 18.5 Å². The predicted octanol–water partition coefficient (Wildman–Crippen LogP) is 3.04. The lowest BCUT2D eigenvalue weighted by atomic mass is 10.2. The monoisotopic (exact) mass is 344 g/mol. The first-order valence-electron chi connectivity index (χ1n) is 7.94. The highest BCUT2D eigenvalue weighted by atomic mass is 32.1. The van der Waals surface area contributed by atoms with Crippen LogP contribution >= 0.6 is 12.2 Å². The third kappa shape index (κ3) is 4.87. The van der Waals surface area contributed by atoms with Gasteiger partial charge in [-0.2, -0.15) is 4.98 Å². The van der Waals surface area contributed by atoms with Crippen molar-refractivity contribution in [3.63, 3.8) is 0 Å². The number of nitrogens with zero attached hydrogens (tertiary/aromatic N) is 2. The third-order valence-electron chi connectivity index (χ3n) is 3.54. The number of thiocarbonyl (C=S) groups is 1. The molecule has 0 bridgehead atoms. The lowest BCUT2D eigenvalue weighted by Gasteiger charge is -2.14. The molecule has 0 spiro atoms. The summed E-state index contributed by atoms with van der Waals surface area (Å²) in [6, 6.07) is 11.3. The Balaban J connectivity index is 1.59. The molecule has 0 aliphatic carbocycles. The van der Waals surface area contributed by atoms with Crippen LogP contribution in [0.25, 0.3) is 0 Å². The molecular weight excluding hydrogens is 324 g/mol. The number of ether oxygens (including phenoxy) is 2. The Morgan fingerprint density at radius 2 is 2.17 bits per heavy atom. The highest BCUT2D eigenvalue weighted by Crippen LogP contribution is 2.20. The molecule has 2 heterocycles. The molecule has 1 aliphatic heterocycles. The fourth-order valence-corrected chi connectivity index (χ4v) is 2.59. The van der Waals surface area contributed by atoms with Crippen molar-refractivity contribution in [1.82, 2.24) is 15.3 Å². The number of para-hydroxylation sites is 1. The second kappa shape index (κ2) is 8.03. The second-order valence-electron chi connectivity index (χ2n) is 5.56. The summed E-state index contributed by atoms with van der Waals surface area (Å²) < 4.78 is 11.3. The van der Waals surface area contributed by atoms with Gasteiger partial charge in [0.2, 0.25) is 11.8 Å². The van der Waals surface area contributed by atoms with Crippen molar-refractivity contribution in [3.05, 3.63) is 42.1 Å². The number of anilines is 1. The zero-order valence-electron chi connectivity index (χ0n) is 13.5. The Bertz CT molecular complexity index is 690. The van der Waals surface area contributed by atoms with E-state index in [1.165, 1.54) is 0 Å². The maximum Gasteiger partial charge on any atom is 0.232 e. The van der Waals surface area contributed by atoms with Crippen molar-refractivity contribution in [1.29, 1.82) is 0 Å². The normalized spacial score (nSPS) is 16.6. The number of benzene rings is 1. The second-order valence-corrected chi connectivity index (χ2v) is 5.96. The maximum atomic E-state index is 5.75. The minimum Gasteiger partial charge on any atom is -0.439 e. The van der Waals surface area contributed by atoms with Gasteiger partial charge in [0.25, 0.3) is 0 Å². The van der Waals surface area contributed by atoms with E-state index in [0.717, 1.165) is 30.9 Å². The summed E-state index contributed by atoms with van der Waals surface area (Å²) in [5.41, 5.74) is 0.792. The molecule has 2 aromatic rings. The Morgan fingerprint density at radius 1 is 1.33 bits per heavy atom. The molecule has 1 aliphatic rings. The number of aryl methyl sites for hydroxylation is 1. The highest BCUT2D eigenvalue weighted by Gasteiger charge is 2.15. The van der Waals surface area contributed by atoms with Gasteiger partial charge in [0.05, 0.1) is 6.10 Å². The standard InChI is InChI=1S/C17H20N4O2S/c1-12-10-15(23-13-6-3-2-4-7-13)20-16(19-12)21-17(24)18-11-14-8-5-9-22-14/h2-4,6-7,10,14H,5,8-9,11H2,1H3,(H2,18,19,20,21,24)/t14-/m1/s1. The molecule has 1 aromatic heterocycles. The minimum absolute atomic E-state index is 0.222. The van der Waals surface area contributed by atoms with Crippen LogP contribution in [0.2, 0.25) is 0 Å². The zero-order chi connectivity index (χ0) is 16.8. The van der Waals surface area contributed by atoms with E-state index in [4.69, 9.17) is 21.7 Å². The van der Waals surface area contributed by atoms with Crippen molar-refractivity contribution < 1.29 is 9.47 Å². The van der Waals surface area contributed by atoms with Gasteiger partial charge < -0.3 is 20.1 Å². The molecule has 2 N–H and O–H groups in total. The van der Waals surface area contributed by atoms with E-state index in [9.17, 15) is 0 Å². The van der Waals surface area contributed by atoms with Gasteiger partial charge in [0, 0.05) is 24.9 Å². The van der Waals surface area contributed by atoms with Crippen LogP contribution in [-0.2, 0) is 4.74 Å². The Labute approximate surface area is 146 Å². The SMILES string of the molecule is Cc1cc(Oc2ccccc2)nc(NC(=S)NC[C@H]2CCCO2)n1. The van der Waals surface area contributed by atoms with Gasteiger partial charge in [-0.15, -0.1) is 0 Å².